The monoisotopic (exact) mass is 1930 g/mol. The van der Waals surface area contributed by atoms with Crippen molar-refractivity contribution < 1.29 is 151 Å². The van der Waals surface area contributed by atoms with Crippen LogP contribution in [0.2, 0.25) is 0 Å². The van der Waals surface area contributed by atoms with Crippen LogP contribution in [-0.4, -0.2) is 385 Å². The van der Waals surface area contributed by atoms with Crippen LogP contribution in [0.5, 0.6) is 0 Å². The van der Waals surface area contributed by atoms with Crippen molar-refractivity contribution in [1.29, 1.82) is 5.41 Å². The number of primary amides is 1. The number of likely N-dealkylation sites (tertiary alicyclic amines) is 2. The first-order chi connectivity index (χ1) is 63.4. The van der Waals surface area contributed by atoms with Crippen molar-refractivity contribution in [2.45, 2.75) is 273 Å². The van der Waals surface area contributed by atoms with Gasteiger partial charge in [-0.3, -0.25) is 106 Å². The fourth-order valence-electron chi connectivity index (χ4n) is 13.4. The Balaban J connectivity index is 2.21. The standard InChI is InChI=1S/C79H135N25O31/c1-10-36(4)58(73(129)86-28-55(113)90-46(29-105)70(126)102-59(41(9)111)75(131)98-50(33-109)68(124)93-44(16-11-12-24-80)76(132)103-26-14-18-52(103)71(127)92-43(20-22-54(82)112)65(121)94-45(78(134)135)21-23-56(114)115)101-63(119)40(8)88-64(120)42(17-13-25-85-79(83)84)91-67(123)49(32-108)97-74(130)57(35(2)3)100-72(128)53-19-15-27-104(53)77(133)51(34-110)99-62(118)39(7)89-66(122)47(30-106)96-69(125)48(31-107)95-61(117)38(6)87-60(116)37(5)81/h35-53,57-59,105-111H,10-34,80-81H2,1-9H3,(H2,82,112)(H,86,129)(H,87,116)(H,88,120)(H,89,122)(H,90,113)(H,91,123)(H,92,127)(H,93,124)(H,94,121)(H,95,117)(H,96,125)(H,97,130)(H,98,131)(H,99,118)(H,100,128)(H,101,119)(H,102,126)(H,114,115)(H,134,135)(H4,83,84,85)/t36-,37-,38-,39-,40-,41+,42-,43-,44-,45-,46-,47-,48-,49-,50-,51-,52-,53-,57-,58-,59-/m0/s1. The molecule has 2 saturated heterocycles. The molecule has 0 aromatic carbocycles. The Bertz CT molecular complexity index is 4130. The molecule has 0 spiro atoms. The van der Waals surface area contributed by atoms with Crippen LogP contribution in [0.15, 0.2) is 0 Å². The Hall–Kier alpha value is -12.7. The van der Waals surface area contributed by atoms with Gasteiger partial charge >= 0.3 is 11.9 Å². The Morgan fingerprint density at radius 2 is 0.756 bits per heavy atom. The Morgan fingerprint density at radius 3 is 1.20 bits per heavy atom. The number of aliphatic hydroxyl groups is 7. The van der Waals surface area contributed by atoms with Gasteiger partial charge in [0.2, 0.25) is 118 Å². The second-order valence-electron chi connectivity index (χ2n) is 32.7. The van der Waals surface area contributed by atoms with Crippen molar-refractivity contribution in [2.75, 3.05) is 72.4 Å². The third-order valence-electron chi connectivity index (χ3n) is 21.5. The number of hydrogen-bond donors (Lipinski definition) is 32. The molecular formula is C79H135N25O31. The molecule has 0 aromatic rings. The Kier molecular flexibility index (Phi) is 52.4. The van der Waals surface area contributed by atoms with E-state index in [-0.39, 0.29) is 84.0 Å². The summed E-state index contributed by atoms with van der Waals surface area (Å²) >= 11 is 0. The van der Waals surface area contributed by atoms with Gasteiger partial charge in [0.15, 0.2) is 5.96 Å². The van der Waals surface area contributed by atoms with Crippen LogP contribution in [0.1, 0.15) is 152 Å². The van der Waals surface area contributed by atoms with Gasteiger partial charge in [0.25, 0.3) is 0 Å². The molecule has 135 heavy (non-hydrogen) atoms. The maximum absolute atomic E-state index is 14.4. The van der Waals surface area contributed by atoms with Crippen LogP contribution in [0, 0.1) is 17.2 Å². The third kappa shape index (κ3) is 39.8. The van der Waals surface area contributed by atoms with Crippen LogP contribution in [0.25, 0.3) is 0 Å². The number of carboxylic acid groups (broad SMARTS) is 2. The molecule has 20 amide bonds. The number of amides is 20. The maximum Gasteiger partial charge on any atom is 0.326 e. The molecule has 0 unspecified atom stereocenters. The lowest BCUT2D eigenvalue weighted by Gasteiger charge is -2.31. The summed E-state index contributed by atoms with van der Waals surface area (Å²) in [7, 11) is 0. The molecule has 36 N–H and O–H groups in total. The molecule has 0 aliphatic carbocycles. The highest BCUT2D eigenvalue weighted by Crippen LogP contribution is 2.23. The molecule has 0 bridgehead atoms. The molecule has 0 saturated carbocycles. The van der Waals surface area contributed by atoms with Gasteiger partial charge < -0.3 is 174 Å². The number of nitrogens with zero attached hydrogens (tertiary/aromatic N) is 2. The summed E-state index contributed by atoms with van der Waals surface area (Å²) in [4.78, 5) is 295. The minimum atomic E-state index is -2.02. The normalized spacial score (nSPS) is 17.6. The number of aliphatic hydroxyl groups excluding tert-OH is 7. The lowest BCUT2D eigenvalue weighted by atomic mass is 9.98. The second-order valence-corrected chi connectivity index (χ2v) is 32.7. The van der Waals surface area contributed by atoms with Gasteiger partial charge in [-0.2, -0.15) is 0 Å². The molecule has 56 nitrogen and oxygen atoms in total. The maximum atomic E-state index is 14.4. The number of unbranched alkanes of at least 4 members (excludes halogenated alkanes) is 1. The molecule has 0 aromatic heterocycles. The molecule has 2 rings (SSSR count). The van der Waals surface area contributed by atoms with Crippen molar-refractivity contribution in [3.8, 4) is 0 Å². The summed E-state index contributed by atoms with van der Waals surface area (Å²) in [5.74, 6) is -26.2. The highest BCUT2D eigenvalue weighted by atomic mass is 16.4. The fraction of sp³-hybridized carbons (Fsp3) is 0.709. The summed E-state index contributed by atoms with van der Waals surface area (Å²) in [6.45, 7) is 4.30. The van der Waals surface area contributed by atoms with Gasteiger partial charge in [0, 0.05) is 32.5 Å². The van der Waals surface area contributed by atoms with E-state index in [0.717, 1.165) is 23.6 Å². The smallest absolute Gasteiger partial charge is 0.326 e. The van der Waals surface area contributed by atoms with E-state index in [0.29, 0.717) is 6.42 Å². The van der Waals surface area contributed by atoms with Gasteiger partial charge in [0.05, 0.1) is 58.3 Å². The number of aliphatic carboxylic acids is 2. The first-order valence-corrected chi connectivity index (χ1v) is 43.8. The topological polar surface area (TPSA) is 909 Å². The summed E-state index contributed by atoms with van der Waals surface area (Å²) in [6, 6.07) is -30.5. The van der Waals surface area contributed by atoms with Gasteiger partial charge in [0.1, 0.15) is 109 Å². The highest BCUT2D eigenvalue weighted by Gasteiger charge is 2.45. The zero-order chi connectivity index (χ0) is 103. The number of carbonyl (C=O) groups excluding carboxylic acids is 20. The van der Waals surface area contributed by atoms with Gasteiger partial charge in [-0.1, -0.05) is 34.1 Å². The predicted octanol–water partition coefficient (Wildman–Crippen LogP) is -16.1. The number of nitrogens with two attached hydrogens (primary N) is 4. The molecule has 2 aliphatic rings. The van der Waals surface area contributed by atoms with Crippen LogP contribution in [0.4, 0.5) is 0 Å². The van der Waals surface area contributed by atoms with Crippen molar-refractivity contribution in [1.82, 2.24) is 106 Å². The van der Waals surface area contributed by atoms with E-state index >= 15 is 0 Å². The molecule has 21 atom stereocenters. The van der Waals surface area contributed by atoms with Crippen LogP contribution < -0.4 is 119 Å². The first kappa shape index (κ1) is 118. The summed E-state index contributed by atoms with van der Waals surface area (Å²) in [6.07, 6.45) is -3.41. The minimum Gasteiger partial charge on any atom is -0.481 e. The quantitative estimate of drug-likeness (QED) is 0.0153. The molecule has 762 valence electrons. The van der Waals surface area contributed by atoms with Gasteiger partial charge in [-0.25, -0.2) is 4.79 Å². The number of hydrogen-bond acceptors (Lipinski definition) is 32. The average Bonchev–Trinajstić information content (AvgIpc) is 1.66. The minimum absolute atomic E-state index is 0.0122. The number of carboxylic acids is 2. The summed E-state index contributed by atoms with van der Waals surface area (Å²) in [5.41, 5.74) is 21.9. The van der Waals surface area contributed by atoms with Crippen LogP contribution >= 0.6 is 0 Å². The Labute approximate surface area is 775 Å². The van der Waals surface area contributed by atoms with E-state index in [4.69, 9.17) is 33.5 Å². The second kappa shape index (κ2) is 59.8. The number of guanidine groups is 1. The van der Waals surface area contributed by atoms with Crippen molar-refractivity contribution in [3.05, 3.63) is 0 Å². The average molecular weight is 1930 g/mol. The molecule has 2 aliphatic heterocycles. The van der Waals surface area contributed by atoms with Crippen molar-refractivity contribution >= 4 is 136 Å². The molecular weight excluding hydrogens is 1800 g/mol. The largest absolute Gasteiger partial charge is 0.481 e. The summed E-state index contributed by atoms with van der Waals surface area (Å²) < 4.78 is 0. The van der Waals surface area contributed by atoms with E-state index in [9.17, 15) is 146 Å². The van der Waals surface area contributed by atoms with Gasteiger partial charge in [-0.05, 0) is 124 Å². The number of nitrogens with one attached hydrogen (secondary N) is 19. The van der Waals surface area contributed by atoms with Crippen molar-refractivity contribution in [2.24, 2.45) is 34.8 Å². The number of carbonyl (C=O) groups is 22. The number of rotatable bonds is 61. The van der Waals surface area contributed by atoms with E-state index in [1.54, 1.807) is 6.92 Å². The zero-order valence-electron chi connectivity index (χ0n) is 76.6. The highest BCUT2D eigenvalue weighted by molar-refractivity contribution is 6.02. The van der Waals surface area contributed by atoms with Crippen LogP contribution in [0.3, 0.4) is 0 Å². The lowest BCUT2D eigenvalue weighted by molar-refractivity contribution is -0.144. The molecule has 0 radical (unpaired) electrons. The Morgan fingerprint density at radius 1 is 0.385 bits per heavy atom. The SMILES string of the molecule is CC[C@H](C)[C@H](NC(=O)[C@H](C)NC(=O)[C@H](CCCNC(=N)N)NC(=O)[C@H](CO)NC(=O)[C@@H](NC(=O)[C@@H]1CCCN1C(=O)[C@H](CO)NC(=O)[C@H](C)NC(=O)[C@H](CO)NC(=O)[C@H](CO)NC(=O)[C@H](C)NC(=O)[C@H](C)N)C(C)C)C(=O)NCC(=O)N[C@@H](CO)C(=O)N[C@H](C(=O)N[C@@H](CO)C(=O)N[C@@H](CCCCN)C(=O)N1CCC[C@H]1C(=O)N[C@@H](CCC(N)=O)C(=O)N[C@@H](CCC(=O)O)C(=O)O)[C@@H](C)O. The predicted molar refractivity (Wildman–Crippen MR) is 468 cm³/mol. The van der Waals surface area contributed by atoms with E-state index in [2.05, 4.69) is 95.7 Å². The van der Waals surface area contributed by atoms with E-state index < -0.39 is 341 Å². The molecule has 2 fully saturated rings. The lowest BCUT2D eigenvalue weighted by Crippen LogP contribution is -2.62. The summed E-state index contributed by atoms with van der Waals surface area (Å²) in [5, 5.41) is 140. The third-order valence-corrected chi connectivity index (χ3v) is 21.5. The first-order valence-electron chi connectivity index (χ1n) is 43.8. The molecule has 2 heterocycles. The van der Waals surface area contributed by atoms with Crippen LogP contribution in [-0.2, 0) is 105 Å². The van der Waals surface area contributed by atoms with Gasteiger partial charge in [-0.15, -0.1) is 0 Å². The van der Waals surface area contributed by atoms with Crippen molar-refractivity contribution in [3.63, 3.8) is 0 Å². The van der Waals surface area contributed by atoms with E-state index in [1.807, 2.05) is 0 Å². The van der Waals surface area contributed by atoms with E-state index in [1.165, 1.54) is 41.5 Å². The fourth-order valence-corrected chi connectivity index (χ4v) is 13.4. The molecule has 56 heteroatoms. The zero-order valence-corrected chi connectivity index (χ0v) is 76.6.